The Morgan fingerprint density at radius 2 is 2.07 bits per heavy atom. The van der Waals surface area contributed by atoms with Gasteiger partial charge in [-0.1, -0.05) is 6.07 Å². The van der Waals surface area contributed by atoms with E-state index >= 15 is 0 Å². The van der Waals surface area contributed by atoms with Gasteiger partial charge in [-0.15, -0.1) is 0 Å². The second kappa shape index (κ2) is 3.28. The van der Waals surface area contributed by atoms with Gasteiger partial charge in [0.05, 0.1) is 10.6 Å². The first-order valence-electron chi connectivity index (χ1n) is 4.66. The van der Waals surface area contributed by atoms with Gasteiger partial charge in [-0.25, -0.2) is 8.42 Å². The third kappa shape index (κ3) is 2.07. The largest absolute Gasteiger partial charge is 0.399 e. The van der Waals surface area contributed by atoms with Crippen LogP contribution in [0.4, 0.5) is 5.69 Å². The topological polar surface area (TPSA) is 60.2 Å². The molecule has 0 aliphatic heterocycles. The highest BCUT2D eigenvalue weighted by atomic mass is 32.2. The maximum absolute atomic E-state index is 11.8. The van der Waals surface area contributed by atoms with Crippen molar-refractivity contribution >= 4 is 15.5 Å². The van der Waals surface area contributed by atoms with Crippen molar-refractivity contribution in [2.24, 2.45) is 5.92 Å². The number of nitrogen functional groups attached to an aromatic ring is 1. The third-order valence-corrected chi connectivity index (χ3v) is 4.25. The molecule has 1 saturated carbocycles. The van der Waals surface area contributed by atoms with Crippen molar-refractivity contribution < 1.29 is 8.42 Å². The molecule has 76 valence electrons. The number of rotatable bonds is 3. The zero-order chi connectivity index (χ0) is 10.2. The number of hydrogen-bond acceptors (Lipinski definition) is 3. The first-order chi connectivity index (χ1) is 6.58. The minimum Gasteiger partial charge on any atom is -0.399 e. The predicted molar refractivity (Wildman–Crippen MR) is 55.6 cm³/mol. The van der Waals surface area contributed by atoms with E-state index in [4.69, 9.17) is 5.73 Å². The maximum atomic E-state index is 11.8. The monoisotopic (exact) mass is 211 g/mol. The number of anilines is 1. The van der Waals surface area contributed by atoms with E-state index in [1.54, 1.807) is 18.2 Å². The predicted octanol–water partition coefficient (Wildman–Crippen LogP) is 1.45. The summed E-state index contributed by atoms with van der Waals surface area (Å²) in [6.07, 6.45) is 2.09. The molecule has 0 bridgehead atoms. The molecular weight excluding hydrogens is 198 g/mol. The Morgan fingerprint density at radius 1 is 1.36 bits per heavy atom. The second-order valence-corrected chi connectivity index (χ2v) is 5.83. The van der Waals surface area contributed by atoms with Crippen molar-refractivity contribution in [3.8, 4) is 0 Å². The van der Waals surface area contributed by atoms with Crippen LogP contribution in [-0.4, -0.2) is 14.2 Å². The molecule has 0 amide bonds. The molecule has 0 atom stereocenters. The van der Waals surface area contributed by atoms with E-state index in [1.165, 1.54) is 6.07 Å². The third-order valence-electron chi connectivity index (χ3n) is 2.37. The standard InChI is InChI=1S/C10H13NO2S/c11-9-2-1-3-10(6-9)14(12,13)7-8-4-5-8/h1-3,6,8H,4-5,7,11H2. The summed E-state index contributed by atoms with van der Waals surface area (Å²) < 4.78 is 23.6. The van der Waals surface area contributed by atoms with Crippen LogP contribution in [0.1, 0.15) is 12.8 Å². The van der Waals surface area contributed by atoms with Crippen molar-refractivity contribution in [2.75, 3.05) is 11.5 Å². The molecule has 0 radical (unpaired) electrons. The van der Waals surface area contributed by atoms with E-state index in [0.29, 0.717) is 16.5 Å². The van der Waals surface area contributed by atoms with E-state index in [0.717, 1.165) is 12.8 Å². The van der Waals surface area contributed by atoms with Gasteiger partial charge in [0.15, 0.2) is 9.84 Å². The van der Waals surface area contributed by atoms with Crippen molar-refractivity contribution in [1.29, 1.82) is 0 Å². The number of benzene rings is 1. The molecule has 1 fully saturated rings. The van der Waals surface area contributed by atoms with Crippen molar-refractivity contribution in [2.45, 2.75) is 17.7 Å². The van der Waals surface area contributed by atoms with Gasteiger partial charge in [0.25, 0.3) is 0 Å². The lowest BCUT2D eigenvalue weighted by atomic mass is 10.3. The maximum Gasteiger partial charge on any atom is 0.178 e. The zero-order valence-electron chi connectivity index (χ0n) is 7.81. The van der Waals surface area contributed by atoms with Gasteiger partial charge in [-0.3, -0.25) is 0 Å². The summed E-state index contributed by atoms with van der Waals surface area (Å²) in [5.41, 5.74) is 6.04. The lowest BCUT2D eigenvalue weighted by Gasteiger charge is -2.03. The van der Waals surface area contributed by atoms with Crippen LogP contribution in [0.15, 0.2) is 29.2 Å². The average Bonchev–Trinajstić information content (AvgIpc) is 2.87. The highest BCUT2D eigenvalue weighted by Gasteiger charge is 2.28. The molecule has 3 nitrogen and oxygen atoms in total. The highest BCUT2D eigenvalue weighted by molar-refractivity contribution is 7.91. The molecule has 0 saturated heterocycles. The molecule has 1 aliphatic carbocycles. The average molecular weight is 211 g/mol. The molecular formula is C10H13NO2S. The van der Waals surface area contributed by atoms with E-state index in [1.807, 2.05) is 0 Å². The lowest BCUT2D eigenvalue weighted by molar-refractivity contribution is 0.592. The fraction of sp³-hybridized carbons (Fsp3) is 0.400. The Hall–Kier alpha value is -1.03. The first kappa shape index (κ1) is 9.52. The van der Waals surface area contributed by atoms with Crippen molar-refractivity contribution in [3.63, 3.8) is 0 Å². The van der Waals surface area contributed by atoms with Crippen molar-refractivity contribution in [3.05, 3.63) is 24.3 Å². The van der Waals surface area contributed by atoms with E-state index < -0.39 is 9.84 Å². The molecule has 14 heavy (non-hydrogen) atoms. The molecule has 0 spiro atoms. The summed E-state index contributed by atoms with van der Waals surface area (Å²) in [6.45, 7) is 0. The summed E-state index contributed by atoms with van der Waals surface area (Å²) in [4.78, 5) is 0.351. The Kier molecular flexibility index (Phi) is 2.23. The molecule has 2 rings (SSSR count). The van der Waals surface area contributed by atoms with Gasteiger partial charge in [-0.2, -0.15) is 0 Å². The Bertz CT molecular complexity index is 435. The minimum absolute atomic E-state index is 0.274. The van der Waals surface area contributed by atoms with Gasteiger partial charge in [0.2, 0.25) is 0 Å². The summed E-state index contributed by atoms with van der Waals surface area (Å²) in [7, 11) is -3.10. The van der Waals surface area contributed by atoms with Crippen LogP contribution in [-0.2, 0) is 9.84 Å². The quantitative estimate of drug-likeness (QED) is 0.770. The SMILES string of the molecule is Nc1cccc(S(=O)(=O)CC2CC2)c1. The van der Waals surface area contributed by atoms with Crippen LogP contribution in [0.25, 0.3) is 0 Å². The Morgan fingerprint density at radius 3 is 2.64 bits per heavy atom. The molecule has 0 unspecified atom stereocenters. The molecule has 0 heterocycles. The normalized spacial score (nSPS) is 16.9. The Balaban J connectivity index is 2.28. The highest BCUT2D eigenvalue weighted by Crippen LogP contribution is 2.32. The second-order valence-electron chi connectivity index (χ2n) is 3.80. The van der Waals surface area contributed by atoms with E-state index in [9.17, 15) is 8.42 Å². The molecule has 0 aromatic heterocycles. The lowest BCUT2D eigenvalue weighted by Crippen LogP contribution is -2.08. The van der Waals surface area contributed by atoms with Crippen molar-refractivity contribution in [1.82, 2.24) is 0 Å². The van der Waals surface area contributed by atoms with E-state index in [2.05, 4.69) is 0 Å². The minimum atomic E-state index is -3.10. The first-order valence-corrected chi connectivity index (χ1v) is 6.31. The van der Waals surface area contributed by atoms with Crippen LogP contribution in [0, 0.1) is 5.92 Å². The fourth-order valence-electron chi connectivity index (χ4n) is 1.40. The summed E-state index contributed by atoms with van der Waals surface area (Å²) in [5.74, 6) is 0.651. The molecule has 2 N–H and O–H groups in total. The van der Waals surface area contributed by atoms with Crippen LogP contribution < -0.4 is 5.73 Å². The van der Waals surface area contributed by atoms with Gasteiger partial charge in [0.1, 0.15) is 0 Å². The van der Waals surface area contributed by atoms with Crippen LogP contribution in [0.3, 0.4) is 0 Å². The summed E-state index contributed by atoms with van der Waals surface area (Å²) in [6, 6.07) is 6.50. The number of hydrogen-bond donors (Lipinski definition) is 1. The zero-order valence-corrected chi connectivity index (χ0v) is 8.63. The fourth-order valence-corrected chi connectivity index (χ4v) is 3.15. The number of nitrogens with two attached hydrogens (primary N) is 1. The van der Waals surface area contributed by atoms with Crippen LogP contribution in [0.2, 0.25) is 0 Å². The molecule has 4 heteroatoms. The number of sulfone groups is 1. The van der Waals surface area contributed by atoms with Gasteiger partial charge in [-0.05, 0) is 37.0 Å². The van der Waals surface area contributed by atoms with Gasteiger partial charge >= 0.3 is 0 Å². The smallest absolute Gasteiger partial charge is 0.178 e. The molecule has 1 aromatic carbocycles. The summed E-state index contributed by atoms with van der Waals surface area (Å²) in [5, 5.41) is 0. The van der Waals surface area contributed by atoms with Gasteiger partial charge in [0, 0.05) is 5.69 Å². The van der Waals surface area contributed by atoms with Gasteiger partial charge < -0.3 is 5.73 Å². The summed E-state index contributed by atoms with van der Waals surface area (Å²) >= 11 is 0. The van der Waals surface area contributed by atoms with Crippen LogP contribution >= 0.6 is 0 Å². The van der Waals surface area contributed by atoms with Crippen LogP contribution in [0.5, 0.6) is 0 Å². The molecule has 1 aliphatic rings. The Labute approximate surface area is 83.9 Å². The van der Waals surface area contributed by atoms with E-state index in [-0.39, 0.29) is 5.75 Å². The molecule has 1 aromatic rings.